The van der Waals surface area contributed by atoms with Crippen LogP contribution in [0.4, 0.5) is 0 Å². The first-order chi connectivity index (χ1) is 10.0. The van der Waals surface area contributed by atoms with Gasteiger partial charge in [-0.1, -0.05) is 5.16 Å². The van der Waals surface area contributed by atoms with Crippen molar-refractivity contribution in [2.45, 2.75) is 39.7 Å². The van der Waals surface area contributed by atoms with E-state index in [1.165, 1.54) is 0 Å². The Morgan fingerprint density at radius 3 is 2.76 bits per heavy atom. The standard InChI is InChI=1S/C15H20N4O2/c1-10-6-12(3)19(16-10)13-4-5-18(9-13)15(20)8-14-7-11(2)17-21-14/h6-7,13H,4-5,8-9H2,1-3H3/t13-/m0/s1. The zero-order chi connectivity index (χ0) is 15.0. The first-order valence-corrected chi connectivity index (χ1v) is 7.25. The highest BCUT2D eigenvalue weighted by Gasteiger charge is 2.29. The third kappa shape index (κ3) is 2.84. The summed E-state index contributed by atoms with van der Waals surface area (Å²) in [6, 6.07) is 4.16. The number of aromatic nitrogens is 3. The van der Waals surface area contributed by atoms with Gasteiger partial charge in [-0.3, -0.25) is 9.48 Å². The van der Waals surface area contributed by atoms with Gasteiger partial charge in [-0.2, -0.15) is 5.10 Å². The average molecular weight is 288 g/mol. The van der Waals surface area contributed by atoms with Gasteiger partial charge < -0.3 is 9.42 Å². The molecule has 0 aliphatic carbocycles. The van der Waals surface area contributed by atoms with Crippen molar-refractivity contribution in [1.29, 1.82) is 0 Å². The summed E-state index contributed by atoms with van der Waals surface area (Å²) in [5.74, 6) is 0.724. The Morgan fingerprint density at radius 2 is 2.14 bits per heavy atom. The summed E-state index contributed by atoms with van der Waals surface area (Å²) in [5.41, 5.74) is 2.98. The molecule has 1 aliphatic rings. The zero-order valence-corrected chi connectivity index (χ0v) is 12.7. The lowest BCUT2D eigenvalue weighted by Gasteiger charge is -2.16. The average Bonchev–Trinajstić information content (AvgIpc) is 3.10. The fourth-order valence-corrected chi connectivity index (χ4v) is 2.94. The molecule has 0 spiro atoms. The molecule has 2 aromatic rings. The highest BCUT2D eigenvalue weighted by Crippen LogP contribution is 2.23. The summed E-state index contributed by atoms with van der Waals surface area (Å²) in [7, 11) is 0. The number of carbonyl (C=O) groups excluding carboxylic acids is 1. The highest BCUT2D eigenvalue weighted by molar-refractivity contribution is 5.78. The van der Waals surface area contributed by atoms with E-state index in [9.17, 15) is 4.79 Å². The molecule has 6 heteroatoms. The minimum atomic E-state index is 0.0928. The summed E-state index contributed by atoms with van der Waals surface area (Å²) in [5, 5.41) is 8.34. The van der Waals surface area contributed by atoms with Crippen LogP contribution in [0.5, 0.6) is 0 Å². The van der Waals surface area contributed by atoms with E-state index in [-0.39, 0.29) is 18.4 Å². The van der Waals surface area contributed by atoms with Crippen molar-refractivity contribution in [2.24, 2.45) is 0 Å². The van der Waals surface area contributed by atoms with Gasteiger partial charge in [0, 0.05) is 24.8 Å². The van der Waals surface area contributed by atoms with Crippen molar-refractivity contribution < 1.29 is 9.32 Å². The van der Waals surface area contributed by atoms with Crippen molar-refractivity contribution in [3.63, 3.8) is 0 Å². The monoisotopic (exact) mass is 288 g/mol. The maximum Gasteiger partial charge on any atom is 0.230 e. The quantitative estimate of drug-likeness (QED) is 0.864. The fraction of sp³-hybridized carbons (Fsp3) is 0.533. The van der Waals surface area contributed by atoms with Gasteiger partial charge in [0.1, 0.15) is 5.76 Å². The minimum absolute atomic E-state index is 0.0928. The number of amides is 1. The molecule has 0 aromatic carbocycles. The molecule has 112 valence electrons. The third-order valence-electron chi connectivity index (χ3n) is 3.91. The Hall–Kier alpha value is -2.11. The Balaban J connectivity index is 1.64. The van der Waals surface area contributed by atoms with Gasteiger partial charge in [-0.15, -0.1) is 0 Å². The van der Waals surface area contributed by atoms with E-state index in [1.807, 2.05) is 29.5 Å². The lowest BCUT2D eigenvalue weighted by molar-refractivity contribution is -0.129. The van der Waals surface area contributed by atoms with Crippen LogP contribution in [0.15, 0.2) is 16.7 Å². The molecule has 3 rings (SSSR count). The maximum atomic E-state index is 12.3. The zero-order valence-electron chi connectivity index (χ0n) is 12.7. The Morgan fingerprint density at radius 1 is 1.33 bits per heavy atom. The summed E-state index contributed by atoms with van der Waals surface area (Å²) >= 11 is 0. The SMILES string of the molecule is Cc1cc(CC(=O)N2CC[C@H](n3nc(C)cc3C)C2)on1. The topological polar surface area (TPSA) is 64.2 Å². The lowest BCUT2D eigenvalue weighted by Crippen LogP contribution is -2.30. The molecule has 0 bridgehead atoms. The second kappa shape index (κ2) is 5.35. The van der Waals surface area contributed by atoms with Crippen LogP contribution in [0.1, 0.15) is 35.3 Å². The van der Waals surface area contributed by atoms with Crippen molar-refractivity contribution in [1.82, 2.24) is 19.8 Å². The molecule has 0 radical (unpaired) electrons. The van der Waals surface area contributed by atoms with Crippen LogP contribution < -0.4 is 0 Å². The molecular weight excluding hydrogens is 268 g/mol. The van der Waals surface area contributed by atoms with Gasteiger partial charge in [0.2, 0.25) is 5.91 Å². The predicted octanol–water partition coefficient (Wildman–Crippen LogP) is 1.81. The van der Waals surface area contributed by atoms with Gasteiger partial charge in [-0.05, 0) is 33.3 Å². The largest absolute Gasteiger partial charge is 0.361 e. The highest BCUT2D eigenvalue weighted by atomic mass is 16.5. The van der Waals surface area contributed by atoms with Crippen molar-refractivity contribution in [3.05, 3.63) is 35.0 Å². The Kier molecular flexibility index (Phi) is 3.53. The third-order valence-corrected chi connectivity index (χ3v) is 3.91. The van der Waals surface area contributed by atoms with E-state index in [2.05, 4.69) is 23.2 Å². The van der Waals surface area contributed by atoms with Crippen LogP contribution >= 0.6 is 0 Å². The van der Waals surface area contributed by atoms with Crippen LogP contribution in [0, 0.1) is 20.8 Å². The van der Waals surface area contributed by atoms with Crippen LogP contribution in [-0.2, 0) is 11.2 Å². The molecule has 6 nitrogen and oxygen atoms in total. The van der Waals surface area contributed by atoms with Gasteiger partial charge in [0.05, 0.1) is 23.9 Å². The number of carbonyl (C=O) groups is 1. The molecule has 1 saturated heterocycles. The van der Waals surface area contributed by atoms with Crippen LogP contribution in [-0.4, -0.2) is 38.8 Å². The van der Waals surface area contributed by atoms with E-state index >= 15 is 0 Å². The number of hydrogen-bond acceptors (Lipinski definition) is 4. The maximum absolute atomic E-state index is 12.3. The smallest absolute Gasteiger partial charge is 0.230 e. The molecule has 0 saturated carbocycles. The Labute approximate surface area is 123 Å². The molecule has 1 aliphatic heterocycles. The summed E-state index contributed by atoms with van der Waals surface area (Å²) in [4.78, 5) is 14.2. The molecule has 1 atom stereocenters. The lowest BCUT2D eigenvalue weighted by atomic mass is 10.2. The van der Waals surface area contributed by atoms with Crippen molar-refractivity contribution in [3.8, 4) is 0 Å². The summed E-state index contributed by atoms with van der Waals surface area (Å²) < 4.78 is 7.16. The molecule has 0 N–H and O–H groups in total. The van der Waals surface area contributed by atoms with Gasteiger partial charge in [0.15, 0.2) is 0 Å². The fourth-order valence-electron chi connectivity index (χ4n) is 2.94. The van der Waals surface area contributed by atoms with Gasteiger partial charge >= 0.3 is 0 Å². The van der Waals surface area contributed by atoms with Crippen LogP contribution in [0.25, 0.3) is 0 Å². The molecule has 3 heterocycles. The molecule has 2 aromatic heterocycles. The van der Waals surface area contributed by atoms with E-state index in [1.54, 1.807) is 0 Å². The first kappa shape index (κ1) is 13.9. The number of rotatable bonds is 3. The second-order valence-electron chi connectivity index (χ2n) is 5.77. The molecule has 0 unspecified atom stereocenters. The van der Waals surface area contributed by atoms with Gasteiger partial charge in [0.25, 0.3) is 0 Å². The predicted molar refractivity (Wildman–Crippen MR) is 76.9 cm³/mol. The molecule has 21 heavy (non-hydrogen) atoms. The van der Waals surface area contributed by atoms with Crippen LogP contribution in [0.2, 0.25) is 0 Å². The van der Waals surface area contributed by atoms with Gasteiger partial charge in [-0.25, -0.2) is 0 Å². The summed E-state index contributed by atoms with van der Waals surface area (Å²) in [6.45, 7) is 7.39. The normalized spacial score (nSPS) is 18.4. The van der Waals surface area contributed by atoms with Crippen LogP contribution in [0.3, 0.4) is 0 Å². The number of likely N-dealkylation sites (tertiary alicyclic amines) is 1. The number of hydrogen-bond donors (Lipinski definition) is 0. The Bertz CT molecular complexity index is 658. The molecule has 1 amide bonds. The molecule has 1 fully saturated rings. The summed E-state index contributed by atoms with van der Waals surface area (Å²) in [6.07, 6.45) is 1.23. The van der Waals surface area contributed by atoms with Crippen molar-refractivity contribution in [2.75, 3.05) is 13.1 Å². The second-order valence-corrected chi connectivity index (χ2v) is 5.77. The van der Waals surface area contributed by atoms with E-state index < -0.39 is 0 Å². The first-order valence-electron chi connectivity index (χ1n) is 7.25. The molecular formula is C15H20N4O2. The minimum Gasteiger partial charge on any atom is -0.361 e. The van der Waals surface area contributed by atoms with Crippen molar-refractivity contribution >= 4 is 5.91 Å². The van der Waals surface area contributed by atoms with E-state index in [0.717, 1.165) is 30.0 Å². The van der Waals surface area contributed by atoms with E-state index in [0.29, 0.717) is 12.3 Å². The number of aryl methyl sites for hydroxylation is 3. The number of nitrogens with zero attached hydrogens (tertiary/aromatic N) is 4. The van der Waals surface area contributed by atoms with E-state index in [4.69, 9.17) is 4.52 Å².